The van der Waals surface area contributed by atoms with E-state index in [1.165, 1.54) is 16.9 Å². The highest BCUT2D eigenvalue weighted by Crippen LogP contribution is 2.26. The van der Waals surface area contributed by atoms with Gasteiger partial charge in [-0.1, -0.05) is 42.1 Å². The predicted molar refractivity (Wildman–Crippen MR) is 126 cm³/mol. The predicted octanol–water partition coefficient (Wildman–Crippen LogP) is 5.12. The molecule has 0 unspecified atom stereocenters. The van der Waals surface area contributed by atoms with E-state index in [4.69, 9.17) is 0 Å². The van der Waals surface area contributed by atoms with Crippen LogP contribution in [0.3, 0.4) is 0 Å². The van der Waals surface area contributed by atoms with Crippen LogP contribution in [0.25, 0.3) is 5.69 Å². The van der Waals surface area contributed by atoms with Crippen molar-refractivity contribution < 1.29 is 4.79 Å². The maximum Gasteiger partial charge on any atom is 0.231 e. The molecule has 8 heteroatoms. The lowest BCUT2D eigenvalue weighted by molar-refractivity contribution is -0.115. The van der Waals surface area contributed by atoms with Gasteiger partial charge in [0.2, 0.25) is 5.91 Å². The van der Waals surface area contributed by atoms with Crippen molar-refractivity contribution in [1.82, 2.24) is 19.7 Å². The summed E-state index contributed by atoms with van der Waals surface area (Å²) in [7, 11) is 0. The molecule has 2 heterocycles. The molecule has 1 N–H and O–H groups in total. The standard InChI is InChI=1S/C23H23N5OS2/c1-15-7-6-9-19(11-15)28-17(3)26-27-23(28)31-14-18-13-30-22(24-18)12-21(29)25-20-10-5-4-8-16(20)2/h4-11,13H,12,14H2,1-3H3,(H,25,29). The number of amides is 1. The number of nitrogens with one attached hydrogen (secondary N) is 1. The van der Waals surface area contributed by atoms with E-state index in [1.54, 1.807) is 11.8 Å². The summed E-state index contributed by atoms with van der Waals surface area (Å²) in [4.78, 5) is 17.0. The van der Waals surface area contributed by atoms with E-state index in [9.17, 15) is 4.79 Å². The van der Waals surface area contributed by atoms with Crippen molar-refractivity contribution >= 4 is 34.7 Å². The number of hydrogen-bond acceptors (Lipinski definition) is 6. The Balaban J connectivity index is 1.39. The number of carbonyl (C=O) groups is 1. The van der Waals surface area contributed by atoms with E-state index in [0.29, 0.717) is 5.75 Å². The normalized spacial score (nSPS) is 10.9. The molecule has 0 spiro atoms. The van der Waals surface area contributed by atoms with Crippen molar-refractivity contribution in [3.8, 4) is 5.69 Å². The van der Waals surface area contributed by atoms with Gasteiger partial charge in [-0.05, 0) is 50.1 Å². The van der Waals surface area contributed by atoms with Crippen LogP contribution in [-0.2, 0) is 17.0 Å². The van der Waals surface area contributed by atoms with Crippen LogP contribution in [0.5, 0.6) is 0 Å². The maximum absolute atomic E-state index is 12.4. The van der Waals surface area contributed by atoms with Gasteiger partial charge in [0.25, 0.3) is 0 Å². The third-order valence-electron chi connectivity index (χ3n) is 4.73. The van der Waals surface area contributed by atoms with Crippen LogP contribution in [0, 0.1) is 20.8 Å². The molecule has 1 amide bonds. The van der Waals surface area contributed by atoms with Gasteiger partial charge in [-0.25, -0.2) is 4.98 Å². The first-order valence-electron chi connectivity index (χ1n) is 9.90. The number of benzene rings is 2. The van der Waals surface area contributed by atoms with Crippen molar-refractivity contribution in [3.05, 3.63) is 81.6 Å². The van der Waals surface area contributed by atoms with Gasteiger partial charge < -0.3 is 5.32 Å². The zero-order valence-electron chi connectivity index (χ0n) is 17.6. The molecule has 0 saturated carbocycles. The summed E-state index contributed by atoms with van der Waals surface area (Å²) in [6.07, 6.45) is 0.266. The Morgan fingerprint density at radius 3 is 2.74 bits per heavy atom. The van der Waals surface area contributed by atoms with Crippen molar-refractivity contribution in [2.24, 2.45) is 0 Å². The minimum absolute atomic E-state index is 0.0577. The van der Waals surface area contributed by atoms with E-state index in [-0.39, 0.29) is 12.3 Å². The molecular formula is C23H23N5OS2. The van der Waals surface area contributed by atoms with Crippen LogP contribution in [0.4, 0.5) is 5.69 Å². The number of thiazole rings is 1. The summed E-state index contributed by atoms with van der Waals surface area (Å²) in [5, 5.41) is 15.2. The molecule has 2 aromatic carbocycles. The first kappa shape index (κ1) is 21.3. The summed E-state index contributed by atoms with van der Waals surface area (Å²) >= 11 is 3.10. The molecule has 0 aliphatic rings. The largest absolute Gasteiger partial charge is 0.325 e. The van der Waals surface area contributed by atoms with Gasteiger partial charge in [-0.15, -0.1) is 21.5 Å². The Hall–Kier alpha value is -2.97. The molecule has 31 heavy (non-hydrogen) atoms. The van der Waals surface area contributed by atoms with Gasteiger partial charge in [0.1, 0.15) is 10.8 Å². The van der Waals surface area contributed by atoms with Gasteiger partial charge in [0.05, 0.1) is 12.1 Å². The lowest BCUT2D eigenvalue weighted by Gasteiger charge is -2.08. The van der Waals surface area contributed by atoms with Crippen molar-refractivity contribution in [2.45, 2.75) is 38.1 Å². The SMILES string of the molecule is Cc1cccc(-n2c(C)nnc2SCc2csc(CC(=O)Nc3ccccc3C)n2)c1. The highest BCUT2D eigenvalue weighted by Gasteiger charge is 2.14. The molecule has 6 nitrogen and oxygen atoms in total. The van der Waals surface area contributed by atoms with Gasteiger partial charge in [-0.3, -0.25) is 9.36 Å². The minimum atomic E-state index is -0.0577. The molecule has 2 aromatic heterocycles. The smallest absolute Gasteiger partial charge is 0.231 e. The lowest BCUT2D eigenvalue weighted by Crippen LogP contribution is -2.15. The van der Waals surface area contributed by atoms with Gasteiger partial charge >= 0.3 is 0 Å². The van der Waals surface area contributed by atoms with Crippen LogP contribution in [0.2, 0.25) is 0 Å². The topological polar surface area (TPSA) is 72.7 Å². The number of aromatic nitrogens is 4. The highest BCUT2D eigenvalue weighted by atomic mass is 32.2. The fraction of sp³-hybridized carbons (Fsp3) is 0.217. The minimum Gasteiger partial charge on any atom is -0.325 e. The summed E-state index contributed by atoms with van der Waals surface area (Å²) in [5.41, 5.74) is 5.06. The summed E-state index contributed by atoms with van der Waals surface area (Å²) in [6.45, 7) is 6.00. The van der Waals surface area contributed by atoms with Crippen molar-refractivity contribution in [3.63, 3.8) is 0 Å². The zero-order valence-corrected chi connectivity index (χ0v) is 19.3. The quantitative estimate of drug-likeness (QED) is 0.396. The fourth-order valence-corrected chi connectivity index (χ4v) is 4.97. The summed E-state index contributed by atoms with van der Waals surface area (Å²) in [5.74, 6) is 1.46. The Morgan fingerprint density at radius 2 is 1.94 bits per heavy atom. The molecular weight excluding hydrogens is 426 g/mol. The van der Waals surface area contributed by atoms with Crippen LogP contribution < -0.4 is 5.32 Å². The first-order valence-corrected chi connectivity index (χ1v) is 11.8. The summed E-state index contributed by atoms with van der Waals surface area (Å²) < 4.78 is 2.06. The van der Waals surface area contributed by atoms with E-state index in [0.717, 1.165) is 38.6 Å². The second-order valence-electron chi connectivity index (χ2n) is 7.27. The third-order valence-corrected chi connectivity index (χ3v) is 6.59. The number of para-hydroxylation sites is 1. The molecule has 0 aliphatic heterocycles. The summed E-state index contributed by atoms with van der Waals surface area (Å²) in [6, 6.07) is 16.0. The van der Waals surface area contributed by atoms with E-state index in [1.807, 2.05) is 49.6 Å². The van der Waals surface area contributed by atoms with Crippen molar-refractivity contribution in [2.75, 3.05) is 5.32 Å². The van der Waals surface area contributed by atoms with Gasteiger partial charge in [-0.2, -0.15) is 0 Å². The molecule has 0 atom stereocenters. The molecule has 0 radical (unpaired) electrons. The number of nitrogens with zero attached hydrogens (tertiary/aromatic N) is 4. The van der Waals surface area contributed by atoms with E-state index < -0.39 is 0 Å². The molecule has 0 bridgehead atoms. The van der Waals surface area contributed by atoms with E-state index >= 15 is 0 Å². The van der Waals surface area contributed by atoms with Crippen LogP contribution in [-0.4, -0.2) is 25.7 Å². The lowest BCUT2D eigenvalue weighted by atomic mass is 10.2. The van der Waals surface area contributed by atoms with E-state index in [2.05, 4.69) is 50.2 Å². The van der Waals surface area contributed by atoms with Gasteiger partial charge in [0.15, 0.2) is 5.16 Å². The molecule has 4 rings (SSSR count). The molecule has 0 saturated heterocycles. The number of rotatable bonds is 7. The average Bonchev–Trinajstić information content (AvgIpc) is 3.34. The average molecular weight is 450 g/mol. The Kier molecular flexibility index (Phi) is 6.48. The van der Waals surface area contributed by atoms with Crippen LogP contribution in [0.15, 0.2) is 59.1 Å². The number of carbonyl (C=O) groups excluding carboxylic acids is 1. The monoisotopic (exact) mass is 449 g/mol. The van der Waals surface area contributed by atoms with Crippen LogP contribution >= 0.6 is 23.1 Å². The zero-order chi connectivity index (χ0) is 21.8. The molecule has 4 aromatic rings. The van der Waals surface area contributed by atoms with Crippen LogP contribution in [0.1, 0.15) is 27.7 Å². The fourth-order valence-electron chi connectivity index (χ4n) is 3.18. The Labute approximate surface area is 189 Å². The number of aryl methyl sites for hydroxylation is 3. The maximum atomic E-state index is 12.4. The molecule has 0 fully saturated rings. The first-order chi connectivity index (χ1) is 15.0. The highest BCUT2D eigenvalue weighted by molar-refractivity contribution is 7.98. The molecule has 158 valence electrons. The molecule has 0 aliphatic carbocycles. The second kappa shape index (κ2) is 9.45. The Morgan fingerprint density at radius 1 is 1.10 bits per heavy atom. The second-order valence-corrected chi connectivity index (χ2v) is 9.15. The van der Waals surface area contributed by atoms with Crippen molar-refractivity contribution in [1.29, 1.82) is 0 Å². The number of hydrogen-bond donors (Lipinski definition) is 1. The third kappa shape index (κ3) is 5.21. The van der Waals surface area contributed by atoms with Gasteiger partial charge in [0, 0.05) is 22.5 Å². The Bertz CT molecular complexity index is 1210. The number of anilines is 1. The number of thioether (sulfide) groups is 1.